The Morgan fingerprint density at radius 3 is 2.85 bits per heavy atom. The van der Waals surface area contributed by atoms with E-state index in [1.165, 1.54) is 12.1 Å². The third-order valence-corrected chi connectivity index (χ3v) is 3.24. The highest BCUT2D eigenvalue weighted by molar-refractivity contribution is 6.31. The summed E-state index contributed by atoms with van der Waals surface area (Å²) in [4.78, 5) is 13.8. The number of hydrogen-bond donors (Lipinski definition) is 1. The van der Waals surface area contributed by atoms with E-state index < -0.39 is 0 Å². The molecule has 0 atom stereocenters. The second-order valence-electron chi connectivity index (χ2n) is 4.40. The second kappa shape index (κ2) is 8.89. The third-order valence-electron chi connectivity index (χ3n) is 2.88. The fourth-order valence-corrected chi connectivity index (χ4v) is 1.97. The van der Waals surface area contributed by atoms with E-state index in [4.69, 9.17) is 16.3 Å². The van der Waals surface area contributed by atoms with Crippen LogP contribution >= 0.6 is 11.6 Å². The molecule has 1 amide bonds. The number of rotatable bonds is 8. The van der Waals surface area contributed by atoms with Crippen LogP contribution in [0, 0.1) is 5.82 Å². The number of halogens is 2. The first-order chi connectivity index (χ1) is 9.58. The van der Waals surface area contributed by atoms with Crippen LogP contribution in [-0.4, -0.2) is 44.7 Å². The molecule has 0 aliphatic carbocycles. The van der Waals surface area contributed by atoms with Gasteiger partial charge in [-0.3, -0.25) is 4.79 Å². The molecule has 1 N–H and O–H groups in total. The smallest absolute Gasteiger partial charge is 0.224 e. The predicted molar refractivity (Wildman–Crippen MR) is 77.2 cm³/mol. The molecule has 0 aliphatic heterocycles. The van der Waals surface area contributed by atoms with Crippen molar-refractivity contribution in [2.75, 3.05) is 33.9 Å². The topological polar surface area (TPSA) is 41.6 Å². The Morgan fingerprint density at radius 2 is 2.25 bits per heavy atom. The van der Waals surface area contributed by atoms with Gasteiger partial charge in [0.1, 0.15) is 5.82 Å². The molecule has 0 fully saturated rings. The lowest BCUT2D eigenvalue weighted by Crippen LogP contribution is -2.35. The zero-order valence-electron chi connectivity index (χ0n) is 11.8. The Bertz CT molecular complexity index is 443. The highest BCUT2D eigenvalue weighted by Crippen LogP contribution is 2.19. The molecule has 20 heavy (non-hydrogen) atoms. The van der Waals surface area contributed by atoms with Gasteiger partial charge in [0.15, 0.2) is 0 Å². The van der Waals surface area contributed by atoms with Crippen molar-refractivity contribution in [3.8, 4) is 0 Å². The normalized spacial score (nSPS) is 10.6. The Balaban J connectivity index is 2.74. The van der Waals surface area contributed by atoms with Gasteiger partial charge in [-0.1, -0.05) is 17.7 Å². The monoisotopic (exact) mass is 302 g/mol. The summed E-state index contributed by atoms with van der Waals surface area (Å²) in [6.07, 6.45) is 0.402. The number of ether oxygens (including phenoxy) is 1. The molecule has 1 aromatic rings. The Hall–Kier alpha value is -1.17. The maximum Gasteiger partial charge on any atom is 0.224 e. The molecule has 0 spiro atoms. The first-order valence-corrected chi connectivity index (χ1v) is 6.81. The molecule has 0 unspecified atom stereocenters. The van der Waals surface area contributed by atoms with Crippen LogP contribution in [0.2, 0.25) is 5.02 Å². The molecule has 112 valence electrons. The first kappa shape index (κ1) is 16.9. The average molecular weight is 303 g/mol. The number of methoxy groups -OCH3 is 1. The summed E-state index contributed by atoms with van der Waals surface area (Å²) in [5, 5.41) is 3.27. The summed E-state index contributed by atoms with van der Waals surface area (Å²) in [5.74, 6) is -0.375. The van der Waals surface area contributed by atoms with Crippen molar-refractivity contribution in [2.45, 2.75) is 13.0 Å². The molecular weight excluding hydrogens is 283 g/mol. The first-order valence-electron chi connectivity index (χ1n) is 6.43. The average Bonchev–Trinajstić information content (AvgIpc) is 2.43. The molecule has 6 heteroatoms. The van der Waals surface area contributed by atoms with Gasteiger partial charge in [-0.2, -0.15) is 0 Å². The lowest BCUT2D eigenvalue weighted by Gasteiger charge is -2.23. The number of carbonyl (C=O) groups excluding carboxylic acids is 1. The summed E-state index contributed by atoms with van der Waals surface area (Å²) in [5.41, 5.74) is 0.724. The maximum atomic E-state index is 13.0. The van der Waals surface area contributed by atoms with Crippen LogP contribution in [0.5, 0.6) is 0 Å². The van der Waals surface area contributed by atoms with Crippen molar-refractivity contribution in [3.05, 3.63) is 34.6 Å². The summed E-state index contributed by atoms with van der Waals surface area (Å²) >= 11 is 6.00. The van der Waals surface area contributed by atoms with Crippen molar-refractivity contribution in [3.63, 3.8) is 0 Å². The number of nitrogens with one attached hydrogen (secondary N) is 1. The molecule has 0 aromatic heterocycles. The second-order valence-corrected chi connectivity index (χ2v) is 4.80. The van der Waals surface area contributed by atoms with Crippen LogP contribution in [0.4, 0.5) is 4.39 Å². The molecule has 0 bridgehead atoms. The van der Waals surface area contributed by atoms with Crippen LogP contribution in [0.25, 0.3) is 0 Å². The number of carbonyl (C=O) groups is 1. The zero-order valence-corrected chi connectivity index (χ0v) is 12.5. The van der Waals surface area contributed by atoms with E-state index in [0.717, 1.165) is 5.56 Å². The summed E-state index contributed by atoms with van der Waals surface area (Å²) in [6, 6.07) is 4.19. The number of hydrogen-bond acceptors (Lipinski definition) is 3. The third kappa shape index (κ3) is 5.45. The van der Waals surface area contributed by atoms with Gasteiger partial charge in [0.05, 0.1) is 6.61 Å². The van der Waals surface area contributed by atoms with Crippen molar-refractivity contribution < 1.29 is 13.9 Å². The zero-order chi connectivity index (χ0) is 15.0. The van der Waals surface area contributed by atoms with E-state index >= 15 is 0 Å². The Morgan fingerprint density at radius 1 is 1.50 bits per heavy atom. The highest BCUT2D eigenvalue weighted by Gasteiger charge is 2.15. The van der Waals surface area contributed by atoms with Gasteiger partial charge >= 0.3 is 0 Å². The van der Waals surface area contributed by atoms with Gasteiger partial charge in [-0.15, -0.1) is 0 Å². The van der Waals surface area contributed by atoms with E-state index in [9.17, 15) is 9.18 Å². The maximum absolute atomic E-state index is 13.0. The number of nitrogens with zero attached hydrogens (tertiary/aromatic N) is 1. The fourth-order valence-electron chi connectivity index (χ4n) is 1.74. The lowest BCUT2D eigenvalue weighted by atomic mass is 10.2. The fraction of sp³-hybridized carbons (Fsp3) is 0.500. The van der Waals surface area contributed by atoms with Gasteiger partial charge in [0.25, 0.3) is 0 Å². The van der Waals surface area contributed by atoms with E-state index in [-0.39, 0.29) is 11.7 Å². The van der Waals surface area contributed by atoms with Crippen molar-refractivity contribution in [2.24, 2.45) is 0 Å². The molecule has 0 aliphatic rings. The van der Waals surface area contributed by atoms with Gasteiger partial charge in [0, 0.05) is 38.2 Å². The molecule has 4 nitrogen and oxygen atoms in total. The Kier molecular flexibility index (Phi) is 7.51. The van der Waals surface area contributed by atoms with Crippen LogP contribution in [0.15, 0.2) is 18.2 Å². The molecule has 0 radical (unpaired) electrons. The van der Waals surface area contributed by atoms with Crippen molar-refractivity contribution >= 4 is 17.5 Å². The predicted octanol–water partition coefficient (Wildman–Crippen LogP) is 2.06. The largest absolute Gasteiger partial charge is 0.383 e. The van der Waals surface area contributed by atoms with Crippen LogP contribution < -0.4 is 5.32 Å². The lowest BCUT2D eigenvalue weighted by molar-refractivity contribution is -0.132. The standard InChI is InChI=1S/C14H20ClFN2O2/c1-17-6-5-14(19)18(7-8-20-2)10-11-3-4-12(16)9-13(11)15/h3-4,9,17H,5-8,10H2,1-2H3. The molecule has 0 heterocycles. The van der Waals surface area contributed by atoms with E-state index in [0.29, 0.717) is 37.7 Å². The van der Waals surface area contributed by atoms with Gasteiger partial charge in [-0.25, -0.2) is 4.39 Å². The SMILES string of the molecule is CNCCC(=O)N(CCOC)Cc1ccc(F)cc1Cl. The summed E-state index contributed by atoms with van der Waals surface area (Å²) in [6.45, 7) is 1.89. The molecule has 0 saturated heterocycles. The molecular formula is C14H20ClFN2O2. The molecule has 0 saturated carbocycles. The van der Waals surface area contributed by atoms with Crippen molar-refractivity contribution in [1.82, 2.24) is 10.2 Å². The van der Waals surface area contributed by atoms with E-state index in [1.807, 2.05) is 0 Å². The summed E-state index contributed by atoms with van der Waals surface area (Å²) in [7, 11) is 3.38. The highest BCUT2D eigenvalue weighted by atomic mass is 35.5. The number of amides is 1. The van der Waals surface area contributed by atoms with Crippen molar-refractivity contribution in [1.29, 1.82) is 0 Å². The van der Waals surface area contributed by atoms with Gasteiger partial charge in [-0.05, 0) is 24.7 Å². The minimum absolute atomic E-state index is 0.0109. The molecule has 1 aromatic carbocycles. The molecule has 1 rings (SSSR count). The van der Waals surface area contributed by atoms with Gasteiger partial charge < -0.3 is 15.0 Å². The van der Waals surface area contributed by atoms with E-state index in [1.54, 1.807) is 25.1 Å². The number of benzene rings is 1. The van der Waals surface area contributed by atoms with Gasteiger partial charge in [0.2, 0.25) is 5.91 Å². The van der Waals surface area contributed by atoms with Crippen LogP contribution in [0.1, 0.15) is 12.0 Å². The van der Waals surface area contributed by atoms with Crippen LogP contribution in [0.3, 0.4) is 0 Å². The summed E-state index contributed by atoms with van der Waals surface area (Å²) < 4.78 is 18.0. The minimum atomic E-state index is -0.385. The Labute approximate surface area is 123 Å². The quantitative estimate of drug-likeness (QED) is 0.799. The minimum Gasteiger partial charge on any atom is -0.383 e. The van der Waals surface area contributed by atoms with E-state index in [2.05, 4.69) is 5.32 Å². The van der Waals surface area contributed by atoms with Crippen LogP contribution in [-0.2, 0) is 16.1 Å².